The van der Waals surface area contributed by atoms with E-state index in [1.54, 1.807) is 22.7 Å². The Morgan fingerprint density at radius 3 is 2.79 bits per heavy atom. The van der Waals surface area contributed by atoms with Crippen molar-refractivity contribution in [2.75, 3.05) is 23.4 Å². The molecule has 28 heavy (non-hydrogen) atoms. The van der Waals surface area contributed by atoms with Crippen LogP contribution in [0.3, 0.4) is 0 Å². The lowest BCUT2D eigenvalue weighted by molar-refractivity contribution is -0.137. The summed E-state index contributed by atoms with van der Waals surface area (Å²) in [6.45, 7) is 1.57. The third kappa shape index (κ3) is 3.98. The first-order valence-electron chi connectivity index (χ1n) is 8.94. The molecule has 2 heterocycles. The van der Waals surface area contributed by atoms with E-state index in [0.717, 1.165) is 29.0 Å². The number of benzene rings is 2. The predicted octanol–water partition coefficient (Wildman–Crippen LogP) is 5.06. The number of thioether (sulfide) groups is 1. The van der Waals surface area contributed by atoms with Crippen LogP contribution in [0.2, 0.25) is 0 Å². The van der Waals surface area contributed by atoms with Gasteiger partial charge in [-0.3, -0.25) is 0 Å². The summed E-state index contributed by atoms with van der Waals surface area (Å²) in [5.74, 6) is 1.31. The molecule has 0 radical (unpaired) electrons. The Morgan fingerprint density at radius 2 is 1.96 bits per heavy atom. The Bertz CT molecular complexity index is 888. The third-order valence-corrected chi connectivity index (χ3v) is 5.98. The van der Waals surface area contributed by atoms with Crippen LogP contribution in [-0.2, 0) is 24.1 Å². The summed E-state index contributed by atoms with van der Waals surface area (Å²) in [6.07, 6.45) is -4.41. The number of ether oxygens (including phenoxy) is 1. The highest BCUT2D eigenvalue weighted by molar-refractivity contribution is 7.99. The maximum atomic E-state index is 13.1. The molecule has 0 spiro atoms. The van der Waals surface area contributed by atoms with Crippen molar-refractivity contribution in [1.82, 2.24) is 4.90 Å². The first-order chi connectivity index (χ1) is 13.4. The van der Waals surface area contributed by atoms with Gasteiger partial charge in [-0.15, -0.1) is 0 Å². The van der Waals surface area contributed by atoms with Gasteiger partial charge >= 0.3 is 12.2 Å². The van der Waals surface area contributed by atoms with E-state index < -0.39 is 17.8 Å². The molecule has 1 N–H and O–H groups in total. The molecule has 2 aliphatic rings. The number of carbonyl (C=O) groups excluding carboxylic acids is 1. The van der Waals surface area contributed by atoms with Crippen LogP contribution in [0.1, 0.15) is 28.3 Å². The van der Waals surface area contributed by atoms with Gasteiger partial charge < -0.3 is 15.0 Å². The van der Waals surface area contributed by atoms with Gasteiger partial charge in [-0.1, -0.05) is 18.2 Å². The Kier molecular flexibility index (Phi) is 5.25. The Labute approximate surface area is 165 Å². The lowest BCUT2D eigenvalue weighted by Gasteiger charge is -2.36. The molecule has 0 aromatic heterocycles. The van der Waals surface area contributed by atoms with E-state index in [2.05, 4.69) is 5.32 Å². The van der Waals surface area contributed by atoms with E-state index in [-0.39, 0.29) is 6.03 Å². The fraction of sp³-hybridized carbons (Fsp3) is 0.350. The van der Waals surface area contributed by atoms with Crippen molar-refractivity contribution in [1.29, 1.82) is 0 Å². The number of amides is 2. The lowest BCUT2D eigenvalue weighted by atomic mass is 10.0. The van der Waals surface area contributed by atoms with Crippen LogP contribution < -0.4 is 5.32 Å². The second-order valence-electron chi connectivity index (χ2n) is 6.81. The summed E-state index contributed by atoms with van der Waals surface area (Å²) < 4.78 is 44.6. The molecule has 2 amide bonds. The maximum Gasteiger partial charge on any atom is 0.416 e. The number of urea groups is 1. The lowest BCUT2D eigenvalue weighted by Crippen LogP contribution is -2.43. The number of fused-ring (bicyclic) bond motifs is 1. The van der Waals surface area contributed by atoms with Crippen molar-refractivity contribution >= 4 is 23.5 Å². The number of hydrogen-bond acceptors (Lipinski definition) is 3. The number of nitrogens with one attached hydrogen (secondary N) is 1. The van der Waals surface area contributed by atoms with E-state index in [0.29, 0.717) is 36.8 Å². The van der Waals surface area contributed by atoms with Crippen molar-refractivity contribution in [2.24, 2.45) is 0 Å². The van der Waals surface area contributed by atoms with Gasteiger partial charge in [-0.25, -0.2) is 4.79 Å². The van der Waals surface area contributed by atoms with E-state index in [1.165, 1.54) is 6.07 Å². The molecule has 1 saturated heterocycles. The van der Waals surface area contributed by atoms with Crippen molar-refractivity contribution in [3.8, 4) is 0 Å². The minimum absolute atomic E-state index is 0.304. The predicted molar refractivity (Wildman–Crippen MR) is 102 cm³/mol. The number of hydrogen-bond donors (Lipinski definition) is 1. The molecule has 2 aromatic carbocycles. The van der Waals surface area contributed by atoms with Crippen LogP contribution in [0.25, 0.3) is 0 Å². The van der Waals surface area contributed by atoms with Crippen LogP contribution in [0.15, 0.2) is 42.5 Å². The van der Waals surface area contributed by atoms with Crippen molar-refractivity contribution in [3.05, 3.63) is 64.7 Å². The topological polar surface area (TPSA) is 41.6 Å². The Balaban J connectivity index is 1.54. The molecule has 4 rings (SSSR count). The molecule has 0 unspecified atom stereocenters. The van der Waals surface area contributed by atoms with Crippen molar-refractivity contribution in [3.63, 3.8) is 0 Å². The van der Waals surface area contributed by atoms with E-state index in [1.807, 2.05) is 18.2 Å². The number of anilines is 1. The van der Waals surface area contributed by atoms with Gasteiger partial charge in [0.05, 0.1) is 24.8 Å². The Morgan fingerprint density at radius 1 is 1.14 bits per heavy atom. The van der Waals surface area contributed by atoms with Crippen LogP contribution in [0.4, 0.5) is 23.7 Å². The molecule has 4 nitrogen and oxygen atoms in total. The first-order valence-corrected chi connectivity index (χ1v) is 10.1. The zero-order valence-electron chi connectivity index (χ0n) is 15.0. The van der Waals surface area contributed by atoms with Crippen molar-refractivity contribution < 1.29 is 22.7 Å². The van der Waals surface area contributed by atoms with Crippen LogP contribution in [-0.4, -0.2) is 29.0 Å². The molecule has 1 fully saturated rings. The normalized spacial score (nSPS) is 19.4. The van der Waals surface area contributed by atoms with Crippen LogP contribution in [0.5, 0.6) is 0 Å². The molecule has 2 aliphatic heterocycles. The van der Waals surface area contributed by atoms with Gasteiger partial charge in [0.25, 0.3) is 0 Å². The number of halogens is 3. The fourth-order valence-corrected chi connectivity index (χ4v) is 4.58. The molecular weight excluding hydrogens is 389 g/mol. The highest BCUT2D eigenvalue weighted by Crippen LogP contribution is 2.35. The van der Waals surface area contributed by atoms with Crippen LogP contribution >= 0.6 is 11.8 Å². The molecule has 0 saturated carbocycles. The summed E-state index contributed by atoms with van der Waals surface area (Å²) in [7, 11) is 0. The van der Waals surface area contributed by atoms with Gasteiger partial charge in [-0.05, 0) is 41.0 Å². The summed E-state index contributed by atoms with van der Waals surface area (Å²) in [6, 6.07) is 10.2. The monoisotopic (exact) mass is 408 g/mol. The fourth-order valence-electron chi connectivity index (χ4n) is 3.49. The summed E-state index contributed by atoms with van der Waals surface area (Å²) in [5, 5.41) is 2.89. The van der Waals surface area contributed by atoms with Crippen LogP contribution in [0, 0.1) is 0 Å². The molecule has 0 bridgehead atoms. The smallest absolute Gasteiger partial charge is 0.372 e. The molecule has 0 aliphatic carbocycles. The first kappa shape index (κ1) is 19.1. The molecule has 148 valence electrons. The largest absolute Gasteiger partial charge is 0.416 e. The second kappa shape index (κ2) is 7.67. The zero-order valence-corrected chi connectivity index (χ0v) is 15.8. The zero-order chi connectivity index (χ0) is 19.7. The van der Waals surface area contributed by atoms with E-state index in [4.69, 9.17) is 4.74 Å². The number of rotatable bonds is 2. The van der Waals surface area contributed by atoms with Gasteiger partial charge in [0, 0.05) is 23.7 Å². The number of nitrogens with zero attached hydrogens (tertiary/aromatic N) is 1. The maximum absolute atomic E-state index is 13.1. The average molecular weight is 408 g/mol. The highest BCUT2D eigenvalue weighted by Gasteiger charge is 2.33. The van der Waals surface area contributed by atoms with Gasteiger partial charge in [-0.2, -0.15) is 24.9 Å². The van der Waals surface area contributed by atoms with Crippen molar-refractivity contribution in [2.45, 2.75) is 25.4 Å². The molecular formula is C20H19F3N2O2S. The standard InChI is InChI=1S/C20H19F3N2O2S/c21-20(22,23)16-3-1-2-13(8-16)18-12-28-7-6-25(18)19(26)24-17-5-4-14-10-27-11-15(14)9-17/h1-5,8-9,18H,6-7,10-12H2,(H,24,26)/t18-/m0/s1. The molecule has 2 aromatic rings. The van der Waals surface area contributed by atoms with E-state index in [9.17, 15) is 18.0 Å². The third-order valence-electron chi connectivity index (χ3n) is 4.96. The van der Waals surface area contributed by atoms with Gasteiger partial charge in [0.1, 0.15) is 0 Å². The van der Waals surface area contributed by atoms with Gasteiger partial charge in [0.15, 0.2) is 0 Å². The summed E-state index contributed by atoms with van der Waals surface area (Å²) in [5.41, 5.74) is 2.62. The Hall–Kier alpha value is -2.19. The van der Waals surface area contributed by atoms with E-state index >= 15 is 0 Å². The molecule has 1 atom stereocenters. The number of carbonyl (C=O) groups is 1. The van der Waals surface area contributed by atoms with Gasteiger partial charge in [0.2, 0.25) is 0 Å². The molecule has 8 heteroatoms. The minimum Gasteiger partial charge on any atom is -0.372 e. The minimum atomic E-state index is -4.41. The second-order valence-corrected chi connectivity index (χ2v) is 7.96. The quantitative estimate of drug-likeness (QED) is 0.756. The summed E-state index contributed by atoms with van der Waals surface area (Å²) >= 11 is 1.64. The average Bonchev–Trinajstić information content (AvgIpc) is 3.15. The summed E-state index contributed by atoms with van der Waals surface area (Å²) in [4.78, 5) is 14.5. The highest BCUT2D eigenvalue weighted by atomic mass is 32.2. The number of alkyl halides is 3. The SMILES string of the molecule is O=C(Nc1ccc2c(c1)COC2)N1CCSC[C@H]1c1cccc(C(F)(F)F)c1.